The highest BCUT2D eigenvalue weighted by atomic mass is 79.9. The number of ether oxygens (including phenoxy) is 1. The van der Waals surface area contributed by atoms with E-state index in [0.717, 1.165) is 21.3 Å². The molecule has 1 fully saturated rings. The van der Waals surface area contributed by atoms with Crippen LogP contribution in [0.25, 0.3) is 0 Å². The average molecular weight is 347 g/mol. The van der Waals surface area contributed by atoms with Gasteiger partial charge >= 0.3 is 0 Å². The molecule has 0 heterocycles. The van der Waals surface area contributed by atoms with Crippen molar-refractivity contribution in [1.29, 1.82) is 0 Å². The fourth-order valence-electron chi connectivity index (χ4n) is 2.35. The first-order valence-electron chi connectivity index (χ1n) is 7.16. The molecule has 1 aliphatic rings. The van der Waals surface area contributed by atoms with Gasteiger partial charge in [-0.1, -0.05) is 40.2 Å². The zero-order chi connectivity index (χ0) is 14.8. The maximum atomic E-state index is 5.78. The number of halogens is 1. The molecule has 1 unspecified atom stereocenters. The Hall–Kier alpha value is -1.36. The summed E-state index contributed by atoms with van der Waals surface area (Å²) in [6.45, 7) is 2.07. The number of hydrogen-bond acceptors (Lipinski definition) is 3. The van der Waals surface area contributed by atoms with Gasteiger partial charge in [0.15, 0.2) is 0 Å². The van der Waals surface area contributed by atoms with Gasteiger partial charge in [0.05, 0.1) is 12.1 Å². The summed E-state index contributed by atoms with van der Waals surface area (Å²) >= 11 is 3.62. The van der Waals surface area contributed by atoms with Gasteiger partial charge in [-0.05, 0) is 54.7 Å². The minimum Gasteiger partial charge on any atom is -0.490 e. The van der Waals surface area contributed by atoms with Crippen molar-refractivity contribution in [1.82, 2.24) is 5.43 Å². The van der Waals surface area contributed by atoms with E-state index in [-0.39, 0.29) is 6.04 Å². The maximum absolute atomic E-state index is 5.78. The van der Waals surface area contributed by atoms with Crippen LogP contribution in [0.2, 0.25) is 0 Å². The molecule has 0 aromatic heterocycles. The molecule has 2 aromatic carbocycles. The van der Waals surface area contributed by atoms with Crippen molar-refractivity contribution in [3.05, 3.63) is 63.6 Å². The van der Waals surface area contributed by atoms with Gasteiger partial charge in [-0.3, -0.25) is 5.84 Å². The maximum Gasteiger partial charge on any atom is 0.119 e. The lowest BCUT2D eigenvalue weighted by Crippen LogP contribution is -2.29. The zero-order valence-electron chi connectivity index (χ0n) is 12.0. The van der Waals surface area contributed by atoms with Gasteiger partial charge < -0.3 is 4.74 Å². The summed E-state index contributed by atoms with van der Waals surface area (Å²) in [7, 11) is 0. The molecule has 3 N–H and O–H groups in total. The van der Waals surface area contributed by atoms with Crippen molar-refractivity contribution in [2.24, 2.45) is 5.84 Å². The molecular formula is C17H19BrN2O. The summed E-state index contributed by atoms with van der Waals surface area (Å²) in [6.07, 6.45) is 2.77. The van der Waals surface area contributed by atoms with Crippen molar-refractivity contribution < 1.29 is 4.74 Å². The molecule has 110 valence electrons. The first-order chi connectivity index (χ1) is 10.2. The van der Waals surface area contributed by atoms with Crippen molar-refractivity contribution in [3.8, 4) is 5.75 Å². The van der Waals surface area contributed by atoms with Gasteiger partial charge in [0.25, 0.3) is 0 Å². The predicted molar refractivity (Wildman–Crippen MR) is 88.1 cm³/mol. The van der Waals surface area contributed by atoms with Crippen molar-refractivity contribution in [2.75, 3.05) is 0 Å². The lowest BCUT2D eigenvalue weighted by molar-refractivity contribution is 0.303. The second-order valence-corrected chi connectivity index (χ2v) is 6.37. The molecule has 0 radical (unpaired) electrons. The number of hydrogen-bond donors (Lipinski definition) is 2. The fourth-order valence-corrected chi connectivity index (χ4v) is 3.07. The van der Waals surface area contributed by atoms with Crippen LogP contribution >= 0.6 is 15.9 Å². The van der Waals surface area contributed by atoms with Crippen molar-refractivity contribution in [2.45, 2.75) is 31.9 Å². The monoisotopic (exact) mass is 346 g/mol. The summed E-state index contributed by atoms with van der Waals surface area (Å²) in [4.78, 5) is 0. The molecule has 2 aromatic rings. The highest BCUT2D eigenvalue weighted by Gasteiger charge is 2.23. The van der Waals surface area contributed by atoms with E-state index in [1.165, 1.54) is 18.4 Å². The topological polar surface area (TPSA) is 47.3 Å². The van der Waals surface area contributed by atoms with Crippen LogP contribution < -0.4 is 16.0 Å². The number of nitrogens with two attached hydrogens (primary N) is 1. The summed E-state index contributed by atoms with van der Waals surface area (Å²) < 4.78 is 6.84. The molecule has 1 aliphatic carbocycles. The highest BCUT2D eigenvalue weighted by Crippen LogP contribution is 2.31. The highest BCUT2D eigenvalue weighted by molar-refractivity contribution is 9.10. The lowest BCUT2D eigenvalue weighted by atomic mass is 9.98. The van der Waals surface area contributed by atoms with E-state index in [9.17, 15) is 0 Å². The largest absolute Gasteiger partial charge is 0.490 e. The Morgan fingerprint density at radius 1 is 1.19 bits per heavy atom. The second-order valence-electron chi connectivity index (χ2n) is 5.51. The van der Waals surface area contributed by atoms with Crippen LogP contribution in [-0.2, 0) is 0 Å². The lowest BCUT2D eigenvalue weighted by Gasteiger charge is -2.19. The first-order valence-corrected chi connectivity index (χ1v) is 7.95. The van der Waals surface area contributed by atoms with E-state index >= 15 is 0 Å². The van der Waals surface area contributed by atoms with Crippen LogP contribution in [-0.4, -0.2) is 6.10 Å². The molecule has 1 saturated carbocycles. The van der Waals surface area contributed by atoms with Crippen LogP contribution in [0.15, 0.2) is 46.9 Å². The van der Waals surface area contributed by atoms with Crippen molar-refractivity contribution >= 4 is 15.9 Å². The second kappa shape index (κ2) is 6.18. The molecule has 0 saturated heterocycles. The Morgan fingerprint density at radius 2 is 1.90 bits per heavy atom. The Balaban J connectivity index is 1.84. The normalized spacial score (nSPS) is 15.8. The molecular weight excluding hydrogens is 328 g/mol. The molecule has 4 heteroatoms. The van der Waals surface area contributed by atoms with E-state index in [1.54, 1.807) is 0 Å². The first kappa shape index (κ1) is 14.6. The van der Waals surface area contributed by atoms with Gasteiger partial charge in [-0.15, -0.1) is 0 Å². The SMILES string of the molecule is Cc1ccc(C(NN)c2ccc(OC3CC3)cc2)c(Br)c1. The molecule has 21 heavy (non-hydrogen) atoms. The van der Waals surface area contributed by atoms with Crippen LogP contribution in [0.3, 0.4) is 0 Å². The Labute approximate surface area is 133 Å². The van der Waals surface area contributed by atoms with Gasteiger partial charge in [0, 0.05) is 4.47 Å². The van der Waals surface area contributed by atoms with E-state index in [0.29, 0.717) is 6.10 Å². The third kappa shape index (κ3) is 3.46. The average Bonchev–Trinajstić information content (AvgIpc) is 3.27. The Bertz CT molecular complexity index is 623. The molecule has 0 amide bonds. The van der Waals surface area contributed by atoms with Crippen LogP contribution in [0, 0.1) is 6.92 Å². The van der Waals surface area contributed by atoms with Crippen LogP contribution in [0.5, 0.6) is 5.75 Å². The Kier molecular flexibility index (Phi) is 4.29. The number of rotatable bonds is 5. The van der Waals surface area contributed by atoms with Gasteiger partial charge in [-0.25, -0.2) is 5.43 Å². The smallest absolute Gasteiger partial charge is 0.119 e. The van der Waals surface area contributed by atoms with Gasteiger partial charge in [-0.2, -0.15) is 0 Å². The number of aryl methyl sites for hydroxylation is 1. The van der Waals surface area contributed by atoms with E-state index in [4.69, 9.17) is 10.6 Å². The Morgan fingerprint density at radius 3 is 2.48 bits per heavy atom. The summed E-state index contributed by atoms with van der Waals surface area (Å²) in [5, 5.41) is 0. The fraction of sp³-hybridized carbons (Fsp3) is 0.294. The number of hydrazine groups is 1. The molecule has 1 atom stereocenters. The van der Waals surface area contributed by atoms with Crippen LogP contribution in [0.1, 0.15) is 35.6 Å². The third-order valence-corrected chi connectivity index (χ3v) is 4.36. The van der Waals surface area contributed by atoms with E-state index < -0.39 is 0 Å². The zero-order valence-corrected chi connectivity index (χ0v) is 13.6. The minimum absolute atomic E-state index is 0.0463. The molecule has 0 aliphatic heterocycles. The van der Waals surface area contributed by atoms with E-state index in [1.807, 2.05) is 12.1 Å². The summed E-state index contributed by atoms with van der Waals surface area (Å²) in [5.41, 5.74) is 6.35. The third-order valence-electron chi connectivity index (χ3n) is 3.67. The van der Waals surface area contributed by atoms with Crippen LogP contribution in [0.4, 0.5) is 0 Å². The quantitative estimate of drug-likeness (QED) is 0.638. The van der Waals surface area contributed by atoms with Crippen molar-refractivity contribution in [3.63, 3.8) is 0 Å². The molecule has 0 spiro atoms. The number of nitrogens with one attached hydrogen (secondary N) is 1. The molecule has 3 nitrogen and oxygen atoms in total. The van der Waals surface area contributed by atoms with E-state index in [2.05, 4.69) is 58.6 Å². The standard InChI is InChI=1S/C17H19BrN2O/c1-11-2-9-15(16(18)10-11)17(20-19)12-3-5-13(6-4-12)21-14-7-8-14/h2-6,9-10,14,17,20H,7-8,19H2,1H3. The summed E-state index contributed by atoms with van der Waals surface area (Å²) in [6, 6.07) is 14.4. The molecule has 3 rings (SSSR count). The summed E-state index contributed by atoms with van der Waals surface area (Å²) in [5.74, 6) is 6.70. The number of benzene rings is 2. The molecule has 0 bridgehead atoms. The van der Waals surface area contributed by atoms with Gasteiger partial charge in [0.1, 0.15) is 5.75 Å². The predicted octanol–water partition coefficient (Wildman–Crippen LogP) is 3.85. The minimum atomic E-state index is -0.0463. The van der Waals surface area contributed by atoms with Gasteiger partial charge in [0.2, 0.25) is 0 Å².